The average Bonchev–Trinajstić information content (AvgIpc) is 3.01. The molecule has 0 amide bonds. The van der Waals surface area contributed by atoms with Crippen molar-refractivity contribution in [2.75, 3.05) is 0 Å². The standard InChI is InChI=1S/C17H10FN3O2/c18-11-4-6-12(7-5-11)22-15-9-8-13-16(21-23-17(13)20-15)14-3-1-2-10-19-14/h1-10H. The van der Waals surface area contributed by atoms with Crippen LogP contribution in [0.5, 0.6) is 11.6 Å². The summed E-state index contributed by atoms with van der Waals surface area (Å²) >= 11 is 0. The molecule has 3 aromatic heterocycles. The zero-order valence-electron chi connectivity index (χ0n) is 11.8. The molecule has 0 aliphatic carbocycles. The van der Waals surface area contributed by atoms with E-state index in [0.717, 1.165) is 5.39 Å². The molecule has 4 rings (SSSR count). The average molecular weight is 307 g/mol. The first-order chi connectivity index (χ1) is 11.3. The first-order valence-corrected chi connectivity index (χ1v) is 6.91. The second-order valence-corrected chi connectivity index (χ2v) is 4.80. The Morgan fingerprint density at radius 2 is 1.83 bits per heavy atom. The number of halogens is 1. The number of ether oxygens (including phenoxy) is 1. The van der Waals surface area contributed by atoms with E-state index >= 15 is 0 Å². The van der Waals surface area contributed by atoms with Crippen LogP contribution in [0.4, 0.5) is 4.39 Å². The van der Waals surface area contributed by atoms with Gasteiger partial charge in [0.1, 0.15) is 17.3 Å². The smallest absolute Gasteiger partial charge is 0.261 e. The molecule has 0 unspecified atom stereocenters. The van der Waals surface area contributed by atoms with Crippen molar-refractivity contribution in [2.24, 2.45) is 0 Å². The van der Waals surface area contributed by atoms with Gasteiger partial charge in [-0.15, -0.1) is 0 Å². The maximum Gasteiger partial charge on any atom is 0.261 e. The van der Waals surface area contributed by atoms with Gasteiger partial charge in [-0.2, -0.15) is 4.98 Å². The van der Waals surface area contributed by atoms with Gasteiger partial charge in [0.25, 0.3) is 5.71 Å². The third kappa shape index (κ3) is 2.62. The molecule has 1 aromatic carbocycles. The number of rotatable bonds is 3. The molecule has 0 atom stereocenters. The molecule has 3 heterocycles. The minimum atomic E-state index is -0.323. The molecular weight excluding hydrogens is 297 g/mol. The van der Waals surface area contributed by atoms with Crippen LogP contribution >= 0.6 is 0 Å². The molecule has 0 aliphatic heterocycles. The van der Waals surface area contributed by atoms with Gasteiger partial charge in [0.15, 0.2) is 0 Å². The Labute approximate surface area is 130 Å². The molecule has 112 valence electrons. The van der Waals surface area contributed by atoms with Crippen molar-refractivity contribution in [3.05, 3.63) is 66.6 Å². The van der Waals surface area contributed by atoms with Crippen molar-refractivity contribution in [2.45, 2.75) is 0 Å². The van der Waals surface area contributed by atoms with Crippen molar-refractivity contribution in [1.29, 1.82) is 0 Å². The second-order valence-electron chi connectivity index (χ2n) is 4.80. The van der Waals surface area contributed by atoms with E-state index in [4.69, 9.17) is 9.26 Å². The van der Waals surface area contributed by atoms with Crippen LogP contribution in [-0.2, 0) is 0 Å². The maximum atomic E-state index is 12.9. The van der Waals surface area contributed by atoms with Gasteiger partial charge in [0.05, 0.1) is 11.1 Å². The summed E-state index contributed by atoms with van der Waals surface area (Å²) in [5.41, 5.74) is 1.69. The summed E-state index contributed by atoms with van der Waals surface area (Å²) in [4.78, 5) is 8.52. The fourth-order valence-corrected chi connectivity index (χ4v) is 2.18. The summed E-state index contributed by atoms with van der Waals surface area (Å²) < 4.78 is 23.7. The van der Waals surface area contributed by atoms with E-state index in [1.807, 2.05) is 24.3 Å². The van der Waals surface area contributed by atoms with E-state index in [0.29, 0.717) is 28.7 Å². The Morgan fingerprint density at radius 3 is 2.61 bits per heavy atom. The lowest BCUT2D eigenvalue weighted by atomic mass is 10.2. The number of aromatic nitrogens is 3. The van der Waals surface area contributed by atoms with Gasteiger partial charge < -0.3 is 9.26 Å². The lowest BCUT2D eigenvalue weighted by Crippen LogP contribution is -1.88. The Balaban J connectivity index is 1.68. The highest BCUT2D eigenvalue weighted by Gasteiger charge is 2.13. The van der Waals surface area contributed by atoms with Crippen LogP contribution in [-0.4, -0.2) is 15.1 Å². The molecule has 6 heteroatoms. The van der Waals surface area contributed by atoms with Crippen molar-refractivity contribution in [3.63, 3.8) is 0 Å². The van der Waals surface area contributed by atoms with Crippen LogP contribution in [0.25, 0.3) is 22.5 Å². The van der Waals surface area contributed by atoms with E-state index < -0.39 is 0 Å². The Kier molecular flexibility index (Phi) is 3.20. The number of nitrogens with zero attached hydrogens (tertiary/aromatic N) is 3. The monoisotopic (exact) mass is 307 g/mol. The number of benzene rings is 1. The highest BCUT2D eigenvalue weighted by atomic mass is 19.1. The van der Waals surface area contributed by atoms with Gasteiger partial charge in [-0.3, -0.25) is 4.98 Å². The molecule has 0 spiro atoms. The van der Waals surface area contributed by atoms with Crippen LogP contribution in [0.2, 0.25) is 0 Å². The largest absolute Gasteiger partial charge is 0.439 e. The molecule has 23 heavy (non-hydrogen) atoms. The molecule has 0 aliphatic rings. The number of hydrogen-bond acceptors (Lipinski definition) is 5. The number of pyridine rings is 2. The second kappa shape index (κ2) is 5.49. The topological polar surface area (TPSA) is 61.0 Å². The number of hydrogen-bond donors (Lipinski definition) is 0. The zero-order chi connectivity index (χ0) is 15.6. The van der Waals surface area contributed by atoms with Gasteiger partial charge in [-0.05, 0) is 42.5 Å². The molecule has 0 bridgehead atoms. The van der Waals surface area contributed by atoms with Crippen LogP contribution in [0, 0.1) is 5.82 Å². The predicted molar refractivity (Wildman–Crippen MR) is 81.5 cm³/mol. The first-order valence-electron chi connectivity index (χ1n) is 6.91. The van der Waals surface area contributed by atoms with Crippen molar-refractivity contribution >= 4 is 11.1 Å². The lowest BCUT2D eigenvalue weighted by molar-refractivity contribution is 0.433. The third-order valence-corrected chi connectivity index (χ3v) is 3.26. The highest BCUT2D eigenvalue weighted by molar-refractivity contribution is 5.88. The number of fused-ring (bicyclic) bond motifs is 1. The van der Waals surface area contributed by atoms with Crippen LogP contribution in [0.15, 0.2) is 65.3 Å². The van der Waals surface area contributed by atoms with E-state index in [1.54, 1.807) is 12.3 Å². The zero-order valence-corrected chi connectivity index (χ0v) is 11.8. The van der Waals surface area contributed by atoms with E-state index in [2.05, 4.69) is 15.1 Å². The van der Waals surface area contributed by atoms with Crippen molar-refractivity contribution < 1.29 is 13.7 Å². The Hall–Kier alpha value is -3.28. The minimum Gasteiger partial charge on any atom is -0.439 e. The van der Waals surface area contributed by atoms with Gasteiger partial charge in [-0.25, -0.2) is 4.39 Å². The summed E-state index contributed by atoms with van der Waals surface area (Å²) in [5, 5.41) is 4.77. The van der Waals surface area contributed by atoms with Crippen LogP contribution < -0.4 is 4.74 Å². The minimum absolute atomic E-state index is 0.323. The van der Waals surface area contributed by atoms with E-state index in [-0.39, 0.29) is 5.82 Å². The normalized spacial score (nSPS) is 10.8. The quantitative estimate of drug-likeness (QED) is 0.567. The van der Waals surface area contributed by atoms with Crippen LogP contribution in [0.1, 0.15) is 0 Å². The predicted octanol–water partition coefficient (Wildman–Crippen LogP) is 4.22. The fraction of sp³-hybridized carbons (Fsp3) is 0. The van der Waals surface area contributed by atoms with Crippen molar-refractivity contribution in [3.8, 4) is 23.0 Å². The fourth-order valence-electron chi connectivity index (χ4n) is 2.18. The van der Waals surface area contributed by atoms with E-state index in [9.17, 15) is 4.39 Å². The Morgan fingerprint density at radius 1 is 0.957 bits per heavy atom. The molecule has 0 radical (unpaired) electrons. The van der Waals surface area contributed by atoms with Gasteiger partial charge in [-0.1, -0.05) is 11.2 Å². The Bertz CT molecular complexity index is 953. The molecule has 0 saturated heterocycles. The summed E-state index contributed by atoms with van der Waals surface area (Å²) in [5.74, 6) is 0.506. The van der Waals surface area contributed by atoms with E-state index in [1.165, 1.54) is 24.3 Å². The summed E-state index contributed by atoms with van der Waals surface area (Å²) in [6, 6.07) is 14.8. The molecule has 0 N–H and O–H groups in total. The highest BCUT2D eigenvalue weighted by Crippen LogP contribution is 2.28. The van der Waals surface area contributed by atoms with Gasteiger partial charge in [0, 0.05) is 12.3 Å². The maximum absolute atomic E-state index is 12.9. The van der Waals surface area contributed by atoms with Crippen LogP contribution in [0.3, 0.4) is 0 Å². The third-order valence-electron chi connectivity index (χ3n) is 3.26. The molecule has 0 fully saturated rings. The summed E-state index contributed by atoms with van der Waals surface area (Å²) in [7, 11) is 0. The van der Waals surface area contributed by atoms with Gasteiger partial charge in [0.2, 0.25) is 5.88 Å². The molecule has 4 aromatic rings. The summed E-state index contributed by atoms with van der Waals surface area (Å²) in [6.07, 6.45) is 1.69. The molecule has 5 nitrogen and oxygen atoms in total. The first kappa shape index (κ1) is 13.4. The lowest BCUT2D eigenvalue weighted by Gasteiger charge is -2.03. The molecule has 0 saturated carbocycles. The van der Waals surface area contributed by atoms with Crippen molar-refractivity contribution in [1.82, 2.24) is 15.1 Å². The molecular formula is C17H10FN3O2. The summed E-state index contributed by atoms with van der Waals surface area (Å²) in [6.45, 7) is 0. The van der Waals surface area contributed by atoms with Gasteiger partial charge >= 0.3 is 0 Å². The SMILES string of the molecule is Fc1ccc(Oc2ccc3c(-c4ccccn4)noc3n2)cc1.